The Morgan fingerprint density at radius 1 is 0.967 bits per heavy atom. The van der Waals surface area contributed by atoms with Crippen LogP contribution in [0.2, 0.25) is 0 Å². The quantitative estimate of drug-likeness (QED) is 0.551. The van der Waals surface area contributed by atoms with Crippen LogP contribution in [0.25, 0.3) is 28.2 Å². The molecule has 0 atom stereocenters. The third-order valence-corrected chi connectivity index (χ3v) is 5.46. The molecule has 8 heteroatoms. The lowest BCUT2D eigenvalue weighted by Crippen LogP contribution is -2.37. The highest BCUT2D eigenvalue weighted by atomic mass is 16.5. The van der Waals surface area contributed by atoms with Crippen molar-refractivity contribution < 1.29 is 4.74 Å². The van der Waals surface area contributed by atoms with Gasteiger partial charge in [-0.3, -0.25) is 4.57 Å². The minimum Gasteiger partial charge on any atom is -0.378 e. The number of hydrogen-bond acceptors (Lipinski definition) is 6. The molecule has 0 aliphatic carbocycles. The Bertz CT molecular complexity index is 1170. The van der Waals surface area contributed by atoms with Crippen molar-refractivity contribution in [3.8, 4) is 17.3 Å². The third-order valence-electron chi connectivity index (χ3n) is 5.46. The summed E-state index contributed by atoms with van der Waals surface area (Å²) in [7, 11) is 0. The van der Waals surface area contributed by atoms with E-state index in [9.17, 15) is 0 Å². The second-order valence-corrected chi connectivity index (χ2v) is 7.33. The summed E-state index contributed by atoms with van der Waals surface area (Å²) in [5.74, 6) is 2.91. The molecule has 8 nitrogen and oxygen atoms in total. The second kappa shape index (κ2) is 7.87. The van der Waals surface area contributed by atoms with Gasteiger partial charge in [-0.25, -0.2) is 4.98 Å². The molecule has 1 fully saturated rings. The van der Waals surface area contributed by atoms with Crippen LogP contribution < -0.4 is 4.90 Å². The molecule has 30 heavy (non-hydrogen) atoms. The number of aromatic nitrogens is 6. The number of anilines is 1. The lowest BCUT2D eigenvalue weighted by atomic mass is 10.1. The molecule has 4 heterocycles. The maximum Gasteiger partial charge on any atom is 0.240 e. The Kier molecular flexibility index (Phi) is 4.92. The molecule has 1 aliphatic heterocycles. The van der Waals surface area contributed by atoms with E-state index in [2.05, 4.69) is 41.9 Å². The first-order valence-electron chi connectivity index (χ1n) is 10.5. The van der Waals surface area contributed by atoms with Gasteiger partial charge in [0.2, 0.25) is 11.9 Å². The number of hydrogen-bond donors (Lipinski definition) is 1. The molecular formula is C22H25N7O. The van der Waals surface area contributed by atoms with E-state index in [-0.39, 0.29) is 0 Å². The summed E-state index contributed by atoms with van der Waals surface area (Å²) in [4.78, 5) is 24.8. The number of aryl methyl sites for hydroxylation is 2. The zero-order valence-electron chi connectivity index (χ0n) is 17.3. The van der Waals surface area contributed by atoms with Gasteiger partial charge in [0.05, 0.1) is 18.9 Å². The molecule has 5 rings (SSSR count). The normalized spacial score (nSPS) is 14.5. The molecule has 0 bridgehead atoms. The van der Waals surface area contributed by atoms with E-state index in [4.69, 9.17) is 24.7 Å². The highest BCUT2D eigenvalue weighted by Crippen LogP contribution is 2.27. The zero-order valence-corrected chi connectivity index (χ0v) is 17.3. The molecule has 4 aromatic rings. The molecular weight excluding hydrogens is 378 g/mol. The predicted octanol–water partition coefficient (Wildman–Crippen LogP) is 3.17. The van der Waals surface area contributed by atoms with Crippen LogP contribution in [0, 0.1) is 0 Å². The summed E-state index contributed by atoms with van der Waals surface area (Å²) in [6.45, 7) is 7.09. The summed E-state index contributed by atoms with van der Waals surface area (Å²) >= 11 is 0. The SMILES string of the molecule is CCc1cn(-c2nc(-c3cccc4[nH]ccc34)nc(N3CCOCC3)n2)c(CC)n1. The molecule has 154 valence electrons. The first-order valence-corrected chi connectivity index (χ1v) is 10.5. The maximum absolute atomic E-state index is 5.52. The van der Waals surface area contributed by atoms with Gasteiger partial charge in [-0.15, -0.1) is 0 Å². The van der Waals surface area contributed by atoms with Crippen LogP contribution in [0.4, 0.5) is 5.95 Å². The number of nitrogens with zero attached hydrogens (tertiary/aromatic N) is 6. The summed E-state index contributed by atoms with van der Waals surface area (Å²) < 4.78 is 7.53. The number of H-pyrrole nitrogens is 1. The van der Waals surface area contributed by atoms with Crippen molar-refractivity contribution in [3.63, 3.8) is 0 Å². The van der Waals surface area contributed by atoms with Crippen LogP contribution in [-0.4, -0.2) is 55.8 Å². The monoisotopic (exact) mass is 403 g/mol. The number of nitrogens with one attached hydrogen (secondary N) is 1. The van der Waals surface area contributed by atoms with Crippen molar-refractivity contribution in [3.05, 3.63) is 48.2 Å². The van der Waals surface area contributed by atoms with Crippen molar-refractivity contribution >= 4 is 16.9 Å². The van der Waals surface area contributed by atoms with Gasteiger partial charge >= 0.3 is 0 Å². The summed E-state index contributed by atoms with van der Waals surface area (Å²) in [5, 5.41) is 1.10. The second-order valence-electron chi connectivity index (χ2n) is 7.33. The van der Waals surface area contributed by atoms with Gasteiger partial charge < -0.3 is 14.6 Å². The van der Waals surface area contributed by atoms with E-state index in [1.165, 1.54) is 0 Å². The summed E-state index contributed by atoms with van der Waals surface area (Å²) in [5.41, 5.74) is 3.09. The van der Waals surface area contributed by atoms with Crippen molar-refractivity contribution in [1.29, 1.82) is 0 Å². The van der Waals surface area contributed by atoms with E-state index in [1.807, 2.05) is 23.0 Å². The Labute approximate surface area is 175 Å². The van der Waals surface area contributed by atoms with Crippen molar-refractivity contribution in [2.75, 3.05) is 31.2 Å². The van der Waals surface area contributed by atoms with Gasteiger partial charge in [-0.05, 0) is 18.6 Å². The number of morpholine rings is 1. The highest BCUT2D eigenvalue weighted by Gasteiger charge is 2.20. The standard InChI is InChI=1S/C22H25N7O/c1-3-15-14-29(19(4-2)24-15)22-26-20(17-6-5-7-18-16(17)8-9-23-18)25-21(27-22)28-10-12-30-13-11-28/h5-9,14,23H,3-4,10-13H2,1-2H3. The van der Waals surface area contributed by atoms with Gasteiger partial charge in [0.1, 0.15) is 5.82 Å². The average Bonchev–Trinajstić information content (AvgIpc) is 3.46. The van der Waals surface area contributed by atoms with Gasteiger partial charge in [-0.1, -0.05) is 26.0 Å². The van der Waals surface area contributed by atoms with Crippen LogP contribution in [0.3, 0.4) is 0 Å². The average molecular weight is 403 g/mol. The lowest BCUT2D eigenvalue weighted by Gasteiger charge is -2.27. The third kappa shape index (κ3) is 3.33. The molecule has 1 aromatic carbocycles. The Morgan fingerprint density at radius 3 is 2.60 bits per heavy atom. The Morgan fingerprint density at radius 2 is 1.80 bits per heavy atom. The number of fused-ring (bicyclic) bond motifs is 1. The topological polar surface area (TPSA) is 84.8 Å². The van der Waals surface area contributed by atoms with E-state index in [0.717, 1.165) is 53.9 Å². The largest absolute Gasteiger partial charge is 0.378 e. The van der Waals surface area contributed by atoms with Crippen LogP contribution in [0.1, 0.15) is 25.4 Å². The summed E-state index contributed by atoms with van der Waals surface area (Å²) in [6, 6.07) is 8.20. The fraction of sp³-hybridized carbons (Fsp3) is 0.364. The molecule has 0 amide bonds. The van der Waals surface area contributed by atoms with Gasteiger partial charge in [-0.2, -0.15) is 15.0 Å². The van der Waals surface area contributed by atoms with Crippen LogP contribution in [-0.2, 0) is 17.6 Å². The molecule has 3 aromatic heterocycles. The van der Waals surface area contributed by atoms with Crippen molar-refractivity contribution in [2.24, 2.45) is 0 Å². The van der Waals surface area contributed by atoms with Crippen molar-refractivity contribution in [2.45, 2.75) is 26.7 Å². The minimum atomic E-state index is 0.609. The maximum atomic E-state index is 5.52. The zero-order chi connectivity index (χ0) is 20.5. The number of aromatic amines is 1. The number of benzene rings is 1. The molecule has 0 spiro atoms. The van der Waals surface area contributed by atoms with Gasteiger partial charge in [0.15, 0.2) is 5.82 Å². The van der Waals surface area contributed by atoms with Gasteiger partial charge in [0, 0.05) is 48.4 Å². The van der Waals surface area contributed by atoms with Crippen LogP contribution >= 0.6 is 0 Å². The van der Waals surface area contributed by atoms with E-state index < -0.39 is 0 Å². The fourth-order valence-corrected chi connectivity index (χ4v) is 3.83. The van der Waals surface area contributed by atoms with E-state index in [0.29, 0.717) is 30.9 Å². The molecule has 0 radical (unpaired) electrons. The van der Waals surface area contributed by atoms with Crippen LogP contribution in [0.5, 0.6) is 0 Å². The molecule has 1 aliphatic rings. The van der Waals surface area contributed by atoms with Gasteiger partial charge in [0.25, 0.3) is 0 Å². The first kappa shape index (κ1) is 18.7. The van der Waals surface area contributed by atoms with E-state index >= 15 is 0 Å². The fourth-order valence-electron chi connectivity index (χ4n) is 3.83. The summed E-state index contributed by atoms with van der Waals surface area (Å²) in [6.07, 6.45) is 5.66. The Hall–Kier alpha value is -3.26. The van der Waals surface area contributed by atoms with Crippen molar-refractivity contribution in [1.82, 2.24) is 29.5 Å². The lowest BCUT2D eigenvalue weighted by molar-refractivity contribution is 0.122. The molecule has 0 unspecified atom stereocenters. The minimum absolute atomic E-state index is 0.609. The molecule has 1 saturated heterocycles. The Balaban J connectivity index is 1.70. The smallest absolute Gasteiger partial charge is 0.240 e. The number of rotatable bonds is 5. The highest BCUT2D eigenvalue weighted by molar-refractivity contribution is 5.93. The van der Waals surface area contributed by atoms with E-state index in [1.54, 1.807) is 0 Å². The predicted molar refractivity (Wildman–Crippen MR) is 116 cm³/mol. The molecule has 1 N–H and O–H groups in total. The number of ether oxygens (including phenoxy) is 1. The first-order chi connectivity index (χ1) is 14.8. The van der Waals surface area contributed by atoms with Crippen LogP contribution in [0.15, 0.2) is 36.7 Å². The molecule has 0 saturated carbocycles. The number of imidazole rings is 1.